The van der Waals surface area contributed by atoms with E-state index in [0.717, 1.165) is 54.0 Å². The molecule has 2 aliphatic heterocycles. The van der Waals surface area contributed by atoms with Crippen molar-refractivity contribution in [1.82, 2.24) is 34.8 Å². The Balaban J connectivity index is 1.31. The summed E-state index contributed by atoms with van der Waals surface area (Å²) in [6, 6.07) is 14.3. The summed E-state index contributed by atoms with van der Waals surface area (Å²) in [5, 5.41) is 12.6. The molecule has 7 rings (SSSR count). The van der Waals surface area contributed by atoms with E-state index in [-0.39, 0.29) is 28.7 Å². The lowest BCUT2D eigenvalue weighted by molar-refractivity contribution is 0.400. The largest absolute Gasteiger partial charge is 0.382 e. The van der Waals surface area contributed by atoms with Crippen LogP contribution in [0.4, 0.5) is 11.8 Å². The lowest BCUT2D eigenvalue weighted by Crippen LogP contribution is -2.43. The van der Waals surface area contributed by atoms with Gasteiger partial charge >= 0.3 is 0 Å². The van der Waals surface area contributed by atoms with Crippen LogP contribution in [0, 0.1) is 0 Å². The molecule has 2 saturated heterocycles. The van der Waals surface area contributed by atoms with Crippen LogP contribution in [0.1, 0.15) is 37.3 Å². The van der Waals surface area contributed by atoms with Crippen molar-refractivity contribution in [3.63, 3.8) is 0 Å². The molecule has 198 valence electrons. The fraction of sp³-hybridized carbons (Fsp3) is 0.296. The molecule has 2 bridgehead atoms. The standard InChI is InChI=1S/C27H27N9O2S/c1-39(37,38)24-23(18-11-19-8-9-20(12-18)35(19)27-30-15-31-34-27)33-26-21(14-32-36(26)25(24)28)17-7-10-22(29-13-17)16-5-3-2-4-6-16/h2-7,10,13-15,18-20H,8-9,11-12,28H2,1H3,(H,30,31,34)/t18-,19+,20-. The zero-order chi connectivity index (χ0) is 26.7. The van der Waals surface area contributed by atoms with Gasteiger partial charge < -0.3 is 15.6 Å². The van der Waals surface area contributed by atoms with Gasteiger partial charge in [0, 0.05) is 47.1 Å². The van der Waals surface area contributed by atoms with E-state index in [4.69, 9.17) is 10.7 Å². The van der Waals surface area contributed by atoms with Crippen LogP contribution in [-0.4, -0.2) is 61.5 Å². The van der Waals surface area contributed by atoms with Crippen molar-refractivity contribution in [1.29, 1.82) is 0 Å². The number of pyridine rings is 1. The van der Waals surface area contributed by atoms with Crippen LogP contribution in [0.5, 0.6) is 0 Å². The summed E-state index contributed by atoms with van der Waals surface area (Å²) in [6.45, 7) is 0. The topological polar surface area (TPSA) is 148 Å². The number of benzene rings is 1. The maximum Gasteiger partial charge on any atom is 0.224 e. The van der Waals surface area contributed by atoms with E-state index in [9.17, 15) is 8.42 Å². The van der Waals surface area contributed by atoms with E-state index in [0.29, 0.717) is 11.3 Å². The average Bonchev–Trinajstić information content (AvgIpc) is 3.66. The smallest absolute Gasteiger partial charge is 0.224 e. The Hall–Kier alpha value is -4.32. The number of nitrogens with zero attached hydrogens (tertiary/aromatic N) is 7. The molecule has 4 aromatic heterocycles. The summed E-state index contributed by atoms with van der Waals surface area (Å²) >= 11 is 0. The van der Waals surface area contributed by atoms with Crippen molar-refractivity contribution in [2.45, 2.75) is 48.6 Å². The highest BCUT2D eigenvalue weighted by atomic mass is 32.2. The van der Waals surface area contributed by atoms with Gasteiger partial charge in [0.05, 0.1) is 17.6 Å². The predicted octanol–water partition coefficient (Wildman–Crippen LogP) is 3.48. The normalized spacial score (nSPS) is 21.1. The first-order valence-corrected chi connectivity index (χ1v) is 14.8. The Labute approximate surface area is 225 Å². The average molecular weight is 542 g/mol. The van der Waals surface area contributed by atoms with Crippen LogP contribution in [0.3, 0.4) is 0 Å². The van der Waals surface area contributed by atoms with Crippen LogP contribution < -0.4 is 10.6 Å². The fourth-order valence-electron chi connectivity index (χ4n) is 6.28. The summed E-state index contributed by atoms with van der Waals surface area (Å²) in [5.74, 6) is 0.777. The molecule has 1 aromatic carbocycles. The Morgan fingerprint density at radius 3 is 2.41 bits per heavy atom. The number of sulfone groups is 1. The molecule has 0 amide bonds. The molecule has 2 aliphatic rings. The minimum absolute atomic E-state index is 0.0692. The maximum absolute atomic E-state index is 13.0. The second kappa shape index (κ2) is 8.87. The first kappa shape index (κ1) is 23.8. The molecule has 0 saturated carbocycles. The lowest BCUT2D eigenvalue weighted by atomic mass is 9.88. The number of rotatable bonds is 5. The predicted molar refractivity (Wildman–Crippen MR) is 147 cm³/mol. The minimum Gasteiger partial charge on any atom is -0.382 e. The number of anilines is 2. The van der Waals surface area contributed by atoms with Crippen molar-refractivity contribution in [3.8, 4) is 22.4 Å². The van der Waals surface area contributed by atoms with Crippen molar-refractivity contribution in [3.05, 3.63) is 66.9 Å². The lowest BCUT2D eigenvalue weighted by Gasteiger charge is -2.38. The highest BCUT2D eigenvalue weighted by Gasteiger charge is 2.44. The van der Waals surface area contributed by atoms with E-state index in [1.807, 2.05) is 42.5 Å². The quantitative estimate of drug-likeness (QED) is 0.341. The second-order valence-electron chi connectivity index (χ2n) is 10.3. The fourth-order valence-corrected chi connectivity index (χ4v) is 7.34. The number of hydrogen-bond acceptors (Lipinski definition) is 9. The van der Waals surface area contributed by atoms with Gasteiger partial charge in [-0.05, 0) is 31.7 Å². The molecule has 0 aliphatic carbocycles. The number of H-pyrrole nitrogens is 1. The van der Waals surface area contributed by atoms with E-state index in [1.54, 1.807) is 18.7 Å². The van der Waals surface area contributed by atoms with Gasteiger partial charge in [0.15, 0.2) is 15.5 Å². The van der Waals surface area contributed by atoms with Crippen LogP contribution >= 0.6 is 0 Å². The third-order valence-corrected chi connectivity index (χ3v) is 9.11. The van der Waals surface area contributed by atoms with Crippen LogP contribution in [-0.2, 0) is 9.84 Å². The number of nitrogens with two attached hydrogens (primary N) is 1. The second-order valence-corrected chi connectivity index (χ2v) is 12.3. The number of piperidine rings is 1. The summed E-state index contributed by atoms with van der Waals surface area (Å²) in [5.41, 5.74) is 11.0. The molecule has 0 spiro atoms. The number of fused-ring (bicyclic) bond motifs is 3. The molecule has 6 heterocycles. The third kappa shape index (κ3) is 3.94. The van der Waals surface area contributed by atoms with Gasteiger partial charge in [0.2, 0.25) is 5.95 Å². The molecule has 5 aromatic rings. The van der Waals surface area contributed by atoms with Crippen LogP contribution in [0.15, 0.2) is 66.1 Å². The Kier molecular flexibility index (Phi) is 5.41. The molecule has 3 atom stereocenters. The Bertz CT molecular complexity index is 1750. The summed E-state index contributed by atoms with van der Waals surface area (Å²) in [6.07, 6.45) is 9.74. The van der Waals surface area contributed by atoms with Gasteiger partial charge in [0.25, 0.3) is 0 Å². The maximum atomic E-state index is 13.0. The summed E-state index contributed by atoms with van der Waals surface area (Å²) in [4.78, 5) is 15.1. The van der Waals surface area contributed by atoms with Gasteiger partial charge in [-0.1, -0.05) is 36.4 Å². The summed E-state index contributed by atoms with van der Waals surface area (Å²) in [7, 11) is -3.67. The zero-order valence-corrected chi connectivity index (χ0v) is 22.1. The SMILES string of the molecule is CS(=O)(=O)c1c([C@H]2C[C@H]3CC[C@@H](C2)N3c2nnc[nH]2)nc2c(-c3ccc(-c4ccccc4)nc3)cnn2c1N. The summed E-state index contributed by atoms with van der Waals surface area (Å²) < 4.78 is 27.5. The molecular formula is C27H27N9O2S. The minimum atomic E-state index is -3.67. The van der Waals surface area contributed by atoms with E-state index in [1.165, 1.54) is 10.8 Å². The van der Waals surface area contributed by atoms with Gasteiger partial charge in [0.1, 0.15) is 17.0 Å². The van der Waals surface area contributed by atoms with E-state index in [2.05, 4.69) is 30.2 Å². The van der Waals surface area contributed by atoms with Gasteiger partial charge in [-0.2, -0.15) is 9.61 Å². The Morgan fingerprint density at radius 1 is 1.00 bits per heavy atom. The molecule has 0 radical (unpaired) electrons. The molecule has 12 heteroatoms. The number of nitrogens with one attached hydrogen (secondary N) is 1. The Morgan fingerprint density at radius 2 is 1.77 bits per heavy atom. The van der Waals surface area contributed by atoms with Crippen molar-refractivity contribution in [2.24, 2.45) is 0 Å². The molecular weight excluding hydrogens is 514 g/mol. The van der Waals surface area contributed by atoms with Crippen molar-refractivity contribution < 1.29 is 8.42 Å². The van der Waals surface area contributed by atoms with E-state index >= 15 is 0 Å². The third-order valence-electron chi connectivity index (χ3n) is 7.95. The van der Waals surface area contributed by atoms with Gasteiger partial charge in [-0.3, -0.25) is 4.98 Å². The monoisotopic (exact) mass is 541 g/mol. The van der Waals surface area contributed by atoms with E-state index < -0.39 is 9.84 Å². The first-order valence-electron chi connectivity index (χ1n) is 12.9. The van der Waals surface area contributed by atoms with Gasteiger partial charge in [-0.25, -0.2) is 13.4 Å². The highest BCUT2D eigenvalue weighted by molar-refractivity contribution is 7.91. The van der Waals surface area contributed by atoms with Crippen molar-refractivity contribution in [2.75, 3.05) is 16.9 Å². The molecule has 0 unspecified atom stereocenters. The number of hydrogen-bond donors (Lipinski definition) is 2. The zero-order valence-electron chi connectivity index (χ0n) is 21.3. The van der Waals surface area contributed by atoms with Crippen LogP contribution in [0.2, 0.25) is 0 Å². The number of nitrogen functional groups attached to an aromatic ring is 1. The molecule has 3 N–H and O–H groups in total. The molecule has 39 heavy (non-hydrogen) atoms. The number of aromatic nitrogens is 7. The highest BCUT2D eigenvalue weighted by Crippen LogP contribution is 2.46. The first-order chi connectivity index (χ1) is 18.9. The van der Waals surface area contributed by atoms with Gasteiger partial charge in [-0.15, -0.1) is 10.2 Å². The molecule has 2 fully saturated rings. The van der Waals surface area contributed by atoms with Crippen molar-refractivity contribution >= 4 is 27.3 Å². The number of aromatic amines is 1. The molecule has 11 nitrogen and oxygen atoms in total. The van der Waals surface area contributed by atoms with Crippen LogP contribution in [0.25, 0.3) is 28.0 Å².